The molecule has 9 heteroatoms. The monoisotopic (exact) mass is 456 g/mol. The van der Waals surface area contributed by atoms with Crippen molar-refractivity contribution in [1.29, 1.82) is 0 Å². The van der Waals surface area contributed by atoms with E-state index in [1.807, 2.05) is 6.07 Å². The van der Waals surface area contributed by atoms with Gasteiger partial charge < -0.3 is 24.1 Å². The number of aryl methyl sites for hydroxylation is 1. The summed E-state index contributed by atoms with van der Waals surface area (Å²) in [5.74, 6) is 0.288. The molecule has 0 saturated carbocycles. The number of rotatable bonds is 10. The van der Waals surface area contributed by atoms with E-state index >= 15 is 0 Å². The SMILES string of the molecule is CCOC(=O)c1c(-c2ccc(OC)c(OC)c2)csc1NC(=O)CCn1cccc1C=O. The van der Waals surface area contributed by atoms with E-state index in [9.17, 15) is 14.4 Å². The minimum Gasteiger partial charge on any atom is -0.493 e. The van der Waals surface area contributed by atoms with Crippen LogP contribution < -0.4 is 14.8 Å². The minimum atomic E-state index is -0.525. The Morgan fingerprint density at radius 1 is 1.16 bits per heavy atom. The second kappa shape index (κ2) is 10.6. The van der Waals surface area contributed by atoms with E-state index in [0.717, 1.165) is 11.8 Å². The number of carbonyl (C=O) groups is 3. The van der Waals surface area contributed by atoms with Crippen LogP contribution in [-0.4, -0.2) is 43.6 Å². The van der Waals surface area contributed by atoms with Gasteiger partial charge in [0.05, 0.1) is 26.5 Å². The molecular formula is C23H24N2O6S. The molecule has 0 unspecified atom stereocenters. The highest BCUT2D eigenvalue weighted by Gasteiger charge is 2.23. The molecule has 0 bridgehead atoms. The van der Waals surface area contributed by atoms with Crippen molar-refractivity contribution in [3.63, 3.8) is 0 Å². The Kier molecular flexibility index (Phi) is 7.67. The zero-order chi connectivity index (χ0) is 23.1. The number of carbonyl (C=O) groups excluding carboxylic acids is 3. The number of aldehydes is 1. The molecule has 1 aromatic carbocycles. The van der Waals surface area contributed by atoms with Crippen molar-refractivity contribution in [1.82, 2.24) is 4.57 Å². The van der Waals surface area contributed by atoms with Crippen LogP contribution in [-0.2, 0) is 16.1 Å². The van der Waals surface area contributed by atoms with Crippen molar-refractivity contribution in [3.05, 3.63) is 53.2 Å². The Bertz CT molecular complexity index is 1120. The number of hydrogen-bond acceptors (Lipinski definition) is 7. The summed E-state index contributed by atoms with van der Waals surface area (Å²) in [5, 5.41) is 5.01. The summed E-state index contributed by atoms with van der Waals surface area (Å²) in [4.78, 5) is 36.4. The zero-order valence-electron chi connectivity index (χ0n) is 18.0. The predicted molar refractivity (Wildman–Crippen MR) is 122 cm³/mol. The van der Waals surface area contributed by atoms with Gasteiger partial charge >= 0.3 is 5.97 Å². The van der Waals surface area contributed by atoms with Crippen molar-refractivity contribution in [2.45, 2.75) is 19.9 Å². The van der Waals surface area contributed by atoms with Crippen LogP contribution in [0.3, 0.4) is 0 Å². The molecule has 168 valence electrons. The predicted octanol–water partition coefficient (Wildman–Crippen LogP) is 4.25. The molecule has 0 spiro atoms. The van der Waals surface area contributed by atoms with Gasteiger partial charge in [-0.25, -0.2) is 4.79 Å². The summed E-state index contributed by atoms with van der Waals surface area (Å²) in [6.07, 6.45) is 2.62. The van der Waals surface area contributed by atoms with Crippen molar-refractivity contribution in [2.75, 3.05) is 26.1 Å². The number of benzene rings is 1. The van der Waals surface area contributed by atoms with Crippen LogP contribution in [0.2, 0.25) is 0 Å². The topological polar surface area (TPSA) is 95.9 Å². The Hall–Kier alpha value is -3.59. The van der Waals surface area contributed by atoms with Gasteiger partial charge in [0.15, 0.2) is 17.8 Å². The first-order valence-corrected chi connectivity index (χ1v) is 10.8. The van der Waals surface area contributed by atoms with Gasteiger partial charge in [-0.1, -0.05) is 6.07 Å². The van der Waals surface area contributed by atoms with Crippen molar-refractivity contribution in [3.8, 4) is 22.6 Å². The van der Waals surface area contributed by atoms with Crippen LogP contribution in [0.1, 0.15) is 34.2 Å². The number of aromatic nitrogens is 1. The number of amides is 1. The molecule has 0 aliphatic rings. The molecule has 0 atom stereocenters. The van der Waals surface area contributed by atoms with E-state index in [1.54, 1.807) is 54.4 Å². The molecule has 0 aliphatic carbocycles. The Morgan fingerprint density at radius 2 is 1.94 bits per heavy atom. The quantitative estimate of drug-likeness (QED) is 0.362. The molecule has 8 nitrogen and oxygen atoms in total. The molecule has 3 rings (SSSR count). The third kappa shape index (κ3) is 5.00. The highest BCUT2D eigenvalue weighted by atomic mass is 32.1. The van der Waals surface area contributed by atoms with Crippen LogP contribution in [0.4, 0.5) is 5.00 Å². The average Bonchev–Trinajstić information content (AvgIpc) is 3.44. The summed E-state index contributed by atoms with van der Waals surface area (Å²) in [7, 11) is 3.08. The molecule has 1 amide bonds. The second-order valence-electron chi connectivity index (χ2n) is 6.69. The fraction of sp³-hybridized carbons (Fsp3) is 0.261. The van der Waals surface area contributed by atoms with Gasteiger partial charge in [0.1, 0.15) is 10.6 Å². The molecule has 2 heterocycles. The summed E-state index contributed by atoms with van der Waals surface area (Å²) < 4.78 is 17.6. The maximum atomic E-state index is 12.7. The molecular weight excluding hydrogens is 432 g/mol. The first kappa shape index (κ1) is 23.1. The Labute approximate surface area is 189 Å². The number of nitrogens with one attached hydrogen (secondary N) is 1. The molecule has 3 aromatic rings. The lowest BCUT2D eigenvalue weighted by molar-refractivity contribution is -0.116. The summed E-state index contributed by atoms with van der Waals surface area (Å²) >= 11 is 1.24. The Balaban J connectivity index is 1.86. The van der Waals surface area contributed by atoms with Crippen LogP contribution in [0, 0.1) is 0 Å². The van der Waals surface area contributed by atoms with Crippen molar-refractivity contribution < 1.29 is 28.6 Å². The van der Waals surface area contributed by atoms with Gasteiger partial charge in [0.2, 0.25) is 5.91 Å². The summed E-state index contributed by atoms with van der Waals surface area (Å²) in [6.45, 7) is 2.27. The number of ether oxygens (including phenoxy) is 3. The maximum Gasteiger partial charge on any atom is 0.341 e. The van der Waals surface area contributed by atoms with Gasteiger partial charge in [-0.2, -0.15) is 0 Å². The fourth-order valence-corrected chi connectivity index (χ4v) is 4.19. The van der Waals surface area contributed by atoms with E-state index in [-0.39, 0.29) is 24.5 Å². The van der Waals surface area contributed by atoms with E-state index in [1.165, 1.54) is 18.4 Å². The highest BCUT2D eigenvalue weighted by Crippen LogP contribution is 2.39. The number of hydrogen-bond donors (Lipinski definition) is 1. The standard InChI is InChI=1S/C23H24N2O6S/c1-4-31-23(28)21-17(15-7-8-18(29-2)19(12-15)30-3)14-32-22(21)24-20(27)9-11-25-10-5-6-16(25)13-26/h5-8,10,12-14H,4,9,11H2,1-3H3,(H,24,27). The van der Waals surface area contributed by atoms with Crippen molar-refractivity contribution >= 4 is 34.5 Å². The lowest BCUT2D eigenvalue weighted by Crippen LogP contribution is -2.16. The normalized spacial score (nSPS) is 10.5. The van der Waals surface area contributed by atoms with Gasteiger partial charge in [-0.15, -0.1) is 11.3 Å². The third-order valence-corrected chi connectivity index (χ3v) is 5.68. The molecule has 0 aliphatic heterocycles. The van der Waals surface area contributed by atoms with E-state index in [2.05, 4.69) is 5.32 Å². The van der Waals surface area contributed by atoms with E-state index < -0.39 is 5.97 Å². The average molecular weight is 457 g/mol. The molecule has 0 fully saturated rings. The number of esters is 1. The largest absolute Gasteiger partial charge is 0.493 e. The van der Waals surface area contributed by atoms with E-state index in [4.69, 9.17) is 14.2 Å². The molecule has 2 aromatic heterocycles. The van der Waals surface area contributed by atoms with Crippen LogP contribution in [0.15, 0.2) is 41.9 Å². The van der Waals surface area contributed by atoms with Gasteiger partial charge in [0.25, 0.3) is 0 Å². The fourth-order valence-electron chi connectivity index (χ4n) is 3.22. The van der Waals surface area contributed by atoms with Crippen LogP contribution in [0.25, 0.3) is 11.1 Å². The lowest BCUT2D eigenvalue weighted by Gasteiger charge is -2.11. The highest BCUT2D eigenvalue weighted by molar-refractivity contribution is 7.15. The Morgan fingerprint density at radius 3 is 2.62 bits per heavy atom. The van der Waals surface area contributed by atoms with Gasteiger partial charge in [-0.3, -0.25) is 9.59 Å². The van der Waals surface area contributed by atoms with Crippen LogP contribution >= 0.6 is 11.3 Å². The number of thiophene rings is 1. The van der Waals surface area contributed by atoms with Gasteiger partial charge in [-0.05, 0) is 36.8 Å². The molecule has 32 heavy (non-hydrogen) atoms. The third-order valence-electron chi connectivity index (χ3n) is 4.78. The first-order valence-electron chi connectivity index (χ1n) is 9.93. The van der Waals surface area contributed by atoms with Crippen molar-refractivity contribution in [2.24, 2.45) is 0 Å². The summed E-state index contributed by atoms with van der Waals surface area (Å²) in [5.41, 5.74) is 2.13. The van der Waals surface area contributed by atoms with Gasteiger partial charge in [0, 0.05) is 30.1 Å². The van der Waals surface area contributed by atoms with E-state index in [0.29, 0.717) is 34.3 Å². The smallest absolute Gasteiger partial charge is 0.341 e. The first-order chi connectivity index (χ1) is 15.5. The maximum absolute atomic E-state index is 12.7. The summed E-state index contributed by atoms with van der Waals surface area (Å²) in [6, 6.07) is 8.75. The van der Waals surface area contributed by atoms with Crippen LogP contribution in [0.5, 0.6) is 11.5 Å². The second-order valence-corrected chi connectivity index (χ2v) is 7.57. The molecule has 0 radical (unpaired) electrons. The minimum absolute atomic E-state index is 0.140. The number of methoxy groups -OCH3 is 2. The molecule has 1 N–H and O–H groups in total. The zero-order valence-corrected chi connectivity index (χ0v) is 18.9. The number of nitrogens with zero attached hydrogens (tertiary/aromatic N) is 1. The molecule has 0 saturated heterocycles. The number of anilines is 1. The lowest BCUT2D eigenvalue weighted by atomic mass is 10.0.